The predicted molar refractivity (Wildman–Crippen MR) is 128 cm³/mol. The summed E-state index contributed by atoms with van der Waals surface area (Å²) in [7, 11) is 1.74. The number of benzene rings is 1. The van der Waals surface area contributed by atoms with Crippen molar-refractivity contribution in [3.8, 4) is 0 Å². The van der Waals surface area contributed by atoms with Gasteiger partial charge in [0.1, 0.15) is 5.82 Å². The Kier molecular flexibility index (Phi) is 11.6. The van der Waals surface area contributed by atoms with E-state index in [1.807, 2.05) is 18.6 Å². The summed E-state index contributed by atoms with van der Waals surface area (Å²) >= 11 is 0. The Hall–Kier alpha value is -3.98. The minimum Gasteiger partial charge on any atom is -0.475 e. The fourth-order valence-electron chi connectivity index (χ4n) is 3.78. The van der Waals surface area contributed by atoms with Crippen molar-refractivity contribution in [3.05, 3.63) is 83.7 Å². The Morgan fingerprint density at radius 1 is 0.975 bits per heavy atom. The van der Waals surface area contributed by atoms with E-state index in [1.165, 1.54) is 16.7 Å². The third-order valence-electron chi connectivity index (χ3n) is 5.50. The number of carboxylic acids is 2. The van der Waals surface area contributed by atoms with Crippen molar-refractivity contribution in [1.29, 1.82) is 0 Å². The Labute approximate surface area is 224 Å². The molecule has 3 aromatic rings. The lowest BCUT2D eigenvalue weighted by molar-refractivity contribution is -0.193. The molecule has 0 fully saturated rings. The van der Waals surface area contributed by atoms with E-state index in [4.69, 9.17) is 29.5 Å². The Morgan fingerprint density at radius 3 is 2.10 bits per heavy atom. The highest BCUT2D eigenvalue weighted by Gasteiger charge is 2.39. The van der Waals surface area contributed by atoms with Gasteiger partial charge in [0, 0.05) is 58.1 Å². The molecule has 0 bridgehead atoms. The first-order valence-corrected chi connectivity index (χ1v) is 11.5. The third kappa shape index (κ3) is 9.96. The quantitative estimate of drug-likeness (QED) is 0.417. The van der Waals surface area contributed by atoms with Crippen LogP contribution in [0.5, 0.6) is 0 Å². The Balaban J connectivity index is 0.000000333. The van der Waals surface area contributed by atoms with Crippen LogP contribution < -0.4 is 0 Å². The normalized spacial score (nSPS) is 15.1. The topological polar surface area (TPSA) is 118 Å². The molecule has 4 rings (SSSR count). The van der Waals surface area contributed by atoms with E-state index < -0.39 is 24.3 Å². The number of aliphatic carboxylic acids is 2. The molecule has 0 radical (unpaired) electrons. The molecule has 218 valence electrons. The van der Waals surface area contributed by atoms with Gasteiger partial charge in [-0.1, -0.05) is 24.3 Å². The minimum atomic E-state index is -5.08. The maximum Gasteiger partial charge on any atom is 0.490 e. The van der Waals surface area contributed by atoms with Crippen LogP contribution in [0.15, 0.2) is 61.2 Å². The summed E-state index contributed by atoms with van der Waals surface area (Å²) in [5.41, 5.74) is 4.07. The number of halogens is 6. The zero-order valence-corrected chi connectivity index (χ0v) is 21.1. The van der Waals surface area contributed by atoms with Crippen molar-refractivity contribution in [2.24, 2.45) is 0 Å². The van der Waals surface area contributed by atoms with Crippen molar-refractivity contribution < 1.29 is 50.9 Å². The molecule has 40 heavy (non-hydrogen) atoms. The molecule has 0 aliphatic carbocycles. The van der Waals surface area contributed by atoms with E-state index >= 15 is 0 Å². The molecule has 1 aliphatic rings. The van der Waals surface area contributed by atoms with Crippen LogP contribution in [0.3, 0.4) is 0 Å². The third-order valence-corrected chi connectivity index (χ3v) is 5.50. The van der Waals surface area contributed by atoms with Crippen LogP contribution in [-0.4, -0.2) is 74.2 Å². The fraction of sp³-hybridized carbons (Fsp3) is 0.360. The molecule has 1 aliphatic heterocycles. The molecule has 2 aromatic heterocycles. The molecule has 3 heterocycles. The summed E-state index contributed by atoms with van der Waals surface area (Å²) in [6.07, 6.45) is -2.49. The summed E-state index contributed by atoms with van der Waals surface area (Å²) in [6, 6.07) is 12.9. The van der Waals surface area contributed by atoms with E-state index in [1.54, 1.807) is 7.11 Å². The van der Waals surface area contributed by atoms with Crippen molar-refractivity contribution in [1.82, 2.24) is 19.4 Å². The second-order valence-electron chi connectivity index (χ2n) is 8.35. The van der Waals surface area contributed by atoms with Crippen LogP contribution in [0.1, 0.15) is 28.4 Å². The number of rotatable bonds is 6. The largest absolute Gasteiger partial charge is 0.490 e. The lowest BCUT2D eigenvalue weighted by Gasteiger charge is -2.34. The highest BCUT2D eigenvalue weighted by molar-refractivity contribution is 5.73. The van der Waals surface area contributed by atoms with Gasteiger partial charge in [-0.05, 0) is 28.8 Å². The number of carbonyl (C=O) groups is 2. The summed E-state index contributed by atoms with van der Waals surface area (Å²) in [4.78, 5) is 29.1. The van der Waals surface area contributed by atoms with Gasteiger partial charge in [-0.25, -0.2) is 14.6 Å². The number of hydrogen-bond acceptors (Lipinski definition) is 6. The van der Waals surface area contributed by atoms with E-state index in [-0.39, 0.29) is 5.92 Å². The van der Waals surface area contributed by atoms with Crippen LogP contribution in [0.4, 0.5) is 26.3 Å². The molecule has 2 N–H and O–H groups in total. The smallest absolute Gasteiger partial charge is 0.475 e. The number of methoxy groups -OCH3 is 1. The van der Waals surface area contributed by atoms with Crippen LogP contribution in [0.2, 0.25) is 0 Å². The Bertz CT molecular complexity index is 1210. The van der Waals surface area contributed by atoms with Gasteiger partial charge in [0.2, 0.25) is 0 Å². The number of hydrogen-bond donors (Lipinski definition) is 2. The molecule has 15 heteroatoms. The van der Waals surface area contributed by atoms with Gasteiger partial charge < -0.3 is 19.5 Å². The molecule has 1 atom stereocenters. The SMILES string of the molecule is COCCn1ccnc1C1CN(Cc2ccncc2)Cc2ccccc21.O=C(O)C(F)(F)F.O=C(O)C(F)(F)F. The molecule has 0 saturated heterocycles. The number of nitrogens with zero attached hydrogens (tertiary/aromatic N) is 4. The fourth-order valence-corrected chi connectivity index (χ4v) is 3.78. The maximum atomic E-state index is 10.6. The lowest BCUT2D eigenvalue weighted by Crippen LogP contribution is -2.35. The lowest BCUT2D eigenvalue weighted by atomic mass is 9.88. The van der Waals surface area contributed by atoms with Crippen molar-refractivity contribution in [2.75, 3.05) is 20.3 Å². The van der Waals surface area contributed by atoms with Crippen molar-refractivity contribution in [2.45, 2.75) is 37.9 Å². The summed E-state index contributed by atoms with van der Waals surface area (Å²) in [6.45, 7) is 4.37. The molecular formula is C25H26F6N4O5. The molecule has 1 unspecified atom stereocenters. The molecule has 9 nitrogen and oxygen atoms in total. The second-order valence-corrected chi connectivity index (χ2v) is 8.35. The number of ether oxygens (including phenoxy) is 1. The monoisotopic (exact) mass is 576 g/mol. The summed E-state index contributed by atoms with van der Waals surface area (Å²) < 4.78 is 71.0. The first-order valence-electron chi connectivity index (χ1n) is 11.5. The van der Waals surface area contributed by atoms with Gasteiger partial charge in [0.05, 0.1) is 12.5 Å². The highest BCUT2D eigenvalue weighted by atomic mass is 19.4. The van der Waals surface area contributed by atoms with Gasteiger partial charge in [-0.3, -0.25) is 9.88 Å². The summed E-state index contributed by atoms with van der Waals surface area (Å²) in [5.74, 6) is -4.12. The van der Waals surface area contributed by atoms with E-state index in [2.05, 4.69) is 57.0 Å². The van der Waals surface area contributed by atoms with Crippen molar-refractivity contribution in [3.63, 3.8) is 0 Å². The molecule has 0 saturated carbocycles. The number of imidazole rings is 1. The average molecular weight is 576 g/mol. The standard InChI is InChI=1S/C21H24N4O.2C2HF3O2/c1-26-13-12-25-11-10-23-21(25)20-16-24(14-17-6-8-22-9-7-17)15-18-4-2-3-5-19(18)20;2*3-2(4,5)1(6)7/h2-11,20H,12-16H2,1H3;2*(H,6,7). The van der Waals surface area contributed by atoms with Crippen LogP contribution in [0.25, 0.3) is 0 Å². The van der Waals surface area contributed by atoms with Crippen LogP contribution in [0, 0.1) is 0 Å². The second kappa shape index (κ2) is 14.4. The number of pyridine rings is 1. The minimum absolute atomic E-state index is 0.272. The number of fused-ring (bicyclic) bond motifs is 1. The molecule has 1 aromatic carbocycles. The average Bonchev–Trinajstić information content (AvgIpc) is 3.35. The number of aromatic nitrogens is 3. The number of alkyl halides is 6. The molecule has 0 amide bonds. The Morgan fingerprint density at radius 2 is 1.55 bits per heavy atom. The van der Waals surface area contributed by atoms with E-state index in [9.17, 15) is 26.3 Å². The van der Waals surface area contributed by atoms with E-state index in [0.717, 1.165) is 32.0 Å². The maximum absolute atomic E-state index is 10.6. The van der Waals surface area contributed by atoms with Crippen LogP contribution in [-0.2, 0) is 34.0 Å². The van der Waals surface area contributed by atoms with Gasteiger partial charge in [-0.2, -0.15) is 26.3 Å². The first-order chi connectivity index (χ1) is 18.7. The van der Waals surface area contributed by atoms with E-state index in [0.29, 0.717) is 6.61 Å². The van der Waals surface area contributed by atoms with Crippen molar-refractivity contribution >= 4 is 11.9 Å². The van der Waals surface area contributed by atoms with Gasteiger partial charge >= 0.3 is 24.3 Å². The van der Waals surface area contributed by atoms with Crippen LogP contribution >= 0.6 is 0 Å². The van der Waals surface area contributed by atoms with Gasteiger partial charge in [-0.15, -0.1) is 0 Å². The first kappa shape index (κ1) is 32.2. The van der Waals surface area contributed by atoms with Gasteiger partial charge in [0.25, 0.3) is 0 Å². The number of carboxylic acid groups (broad SMARTS) is 2. The molecular weight excluding hydrogens is 550 g/mol. The summed E-state index contributed by atoms with van der Waals surface area (Å²) in [5, 5.41) is 14.2. The predicted octanol–water partition coefficient (Wildman–Crippen LogP) is 4.34. The zero-order valence-electron chi connectivity index (χ0n) is 21.1. The highest BCUT2D eigenvalue weighted by Crippen LogP contribution is 2.33. The van der Waals surface area contributed by atoms with Gasteiger partial charge in [0.15, 0.2) is 0 Å². The zero-order chi connectivity index (χ0) is 29.9. The molecule has 0 spiro atoms.